The SMILES string of the molecule is CCC(C)c1cccn2ncc(Cc3ccc(Br)cc3)c12. The average molecular weight is 343 g/mol. The standard InChI is InChI=1S/C18H19BrN2/c1-3-13(2)17-5-4-10-21-18(17)15(12-20-21)11-14-6-8-16(19)9-7-14/h4-10,12-13H,3,11H2,1-2H3. The molecule has 1 atom stereocenters. The highest BCUT2D eigenvalue weighted by molar-refractivity contribution is 9.10. The van der Waals surface area contributed by atoms with Gasteiger partial charge < -0.3 is 0 Å². The van der Waals surface area contributed by atoms with Gasteiger partial charge in [-0.1, -0.05) is 48.0 Å². The van der Waals surface area contributed by atoms with Gasteiger partial charge in [-0.3, -0.25) is 0 Å². The Hall–Kier alpha value is -1.61. The molecule has 0 saturated heterocycles. The highest BCUT2D eigenvalue weighted by Crippen LogP contribution is 2.27. The molecule has 0 N–H and O–H groups in total. The molecule has 108 valence electrons. The van der Waals surface area contributed by atoms with Gasteiger partial charge in [0.15, 0.2) is 0 Å². The number of aromatic nitrogens is 2. The first kappa shape index (κ1) is 14.3. The largest absolute Gasteiger partial charge is 0.240 e. The Morgan fingerprint density at radius 3 is 2.67 bits per heavy atom. The minimum absolute atomic E-state index is 0.550. The van der Waals surface area contributed by atoms with Crippen molar-refractivity contribution in [1.29, 1.82) is 0 Å². The zero-order valence-corrected chi connectivity index (χ0v) is 14.0. The Kier molecular flexibility index (Phi) is 4.11. The minimum atomic E-state index is 0.550. The predicted octanol–water partition coefficient (Wildman–Crippen LogP) is 5.20. The number of rotatable bonds is 4. The Morgan fingerprint density at radius 1 is 1.19 bits per heavy atom. The maximum absolute atomic E-state index is 4.52. The zero-order valence-electron chi connectivity index (χ0n) is 12.4. The van der Waals surface area contributed by atoms with Crippen LogP contribution in [0.5, 0.6) is 0 Å². The first-order chi connectivity index (χ1) is 10.2. The van der Waals surface area contributed by atoms with Crippen molar-refractivity contribution in [1.82, 2.24) is 9.61 Å². The van der Waals surface area contributed by atoms with Crippen molar-refractivity contribution in [3.8, 4) is 0 Å². The number of benzene rings is 1. The molecule has 0 aliphatic heterocycles. The molecule has 3 aromatic rings. The molecule has 0 aliphatic rings. The third-order valence-electron chi connectivity index (χ3n) is 4.10. The smallest absolute Gasteiger partial charge is 0.0731 e. The molecule has 2 nitrogen and oxygen atoms in total. The molecule has 0 radical (unpaired) electrons. The quantitative estimate of drug-likeness (QED) is 0.636. The van der Waals surface area contributed by atoms with Gasteiger partial charge in [-0.05, 0) is 41.7 Å². The second-order valence-corrected chi connectivity index (χ2v) is 6.45. The van der Waals surface area contributed by atoms with Crippen molar-refractivity contribution in [3.05, 3.63) is 70.0 Å². The fourth-order valence-corrected chi connectivity index (χ4v) is 2.97. The molecule has 0 saturated carbocycles. The molecule has 0 aliphatic carbocycles. The number of hydrogen-bond acceptors (Lipinski definition) is 1. The maximum Gasteiger partial charge on any atom is 0.0731 e. The van der Waals surface area contributed by atoms with Crippen molar-refractivity contribution >= 4 is 21.4 Å². The molecule has 0 amide bonds. The van der Waals surface area contributed by atoms with Crippen molar-refractivity contribution in [2.75, 3.05) is 0 Å². The van der Waals surface area contributed by atoms with E-state index in [0.29, 0.717) is 5.92 Å². The zero-order chi connectivity index (χ0) is 14.8. The molecule has 3 rings (SSSR count). The molecule has 3 heteroatoms. The van der Waals surface area contributed by atoms with E-state index in [9.17, 15) is 0 Å². The number of pyridine rings is 1. The first-order valence-electron chi connectivity index (χ1n) is 7.38. The highest BCUT2D eigenvalue weighted by Gasteiger charge is 2.13. The van der Waals surface area contributed by atoms with Gasteiger partial charge in [-0.15, -0.1) is 0 Å². The van der Waals surface area contributed by atoms with Crippen LogP contribution in [0.1, 0.15) is 42.9 Å². The second-order valence-electron chi connectivity index (χ2n) is 5.54. The maximum atomic E-state index is 4.52. The van der Waals surface area contributed by atoms with E-state index in [0.717, 1.165) is 17.3 Å². The topological polar surface area (TPSA) is 17.3 Å². The van der Waals surface area contributed by atoms with Crippen LogP contribution in [0, 0.1) is 0 Å². The first-order valence-corrected chi connectivity index (χ1v) is 8.18. The fraction of sp³-hybridized carbons (Fsp3) is 0.278. The summed E-state index contributed by atoms with van der Waals surface area (Å²) in [6, 6.07) is 12.8. The number of fused-ring (bicyclic) bond motifs is 1. The third-order valence-corrected chi connectivity index (χ3v) is 4.63. The van der Waals surface area contributed by atoms with Gasteiger partial charge in [0.05, 0.1) is 11.7 Å². The van der Waals surface area contributed by atoms with Gasteiger partial charge in [-0.2, -0.15) is 5.10 Å². The van der Waals surface area contributed by atoms with E-state index in [2.05, 4.69) is 71.3 Å². The summed E-state index contributed by atoms with van der Waals surface area (Å²) in [7, 11) is 0. The van der Waals surface area contributed by atoms with Gasteiger partial charge in [0.2, 0.25) is 0 Å². The second kappa shape index (κ2) is 6.02. The van der Waals surface area contributed by atoms with Gasteiger partial charge in [0.1, 0.15) is 0 Å². The van der Waals surface area contributed by atoms with E-state index in [1.165, 1.54) is 22.2 Å². The molecule has 0 fully saturated rings. The van der Waals surface area contributed by atoms with E-state index in [1.807, 2.05) is 16.9 Å². The van der Waals surface area contributed by atoms with E-state index >= 15 is 0 Å². The molecule has 2 heterocycles. The van der Waals surface area contributed by atoms with E-state index < -0.39 is 0 Å². The summed E-state index contributed by atoms with van der Waals surface area (Å²) in [6.45, 7) is 4.52. The van der Waals surface area contributed by atoms with Crippen LogP contribution >= 0.6 is 15.9 Å². The molecular formula is C18H19BrN2. The predicted molar refractivity (Wildman–Crippen MR) is 90.8 cm³/mol. The average Bonchev–Trinajstić information content (AvgIpc) is 2.92. The van der Waals surface area contributed by atoms with Crippen LogP contribution in [0.15, 0.2) is 53.3 Å². The van der Waals surface area contributed by atoms with Crippen LogP contribution in [-0.4, -0.2) is 9.61 Å². The lowest BCUT2D eigenvalue weighted by Gasteiger charge is -2.12. The lowest BCUT2D eigenvalue weighted by Crippen LogP contribution is -1.98. The van der Waals surface area contributed by atoms with Crippen LogP contribution in [0.3, 0.4) is 0 Å². The molecular weight excluding hydrogens is 324 g/mol. The lowest BCUT2D eigenvalue weighted by atomic mass is 9.95. The fourth-order valence-electron chi connectivity index (χ4n) is 2.70. The van der Waals surface area contributed by atoms with Crippen molar-refractivity contribution in [2.24, 2.45) is 0 Å². The summed E-state index contributed by atoms with van der Waals surface area (Å²) in [4.78, 5) is 0. The number of hydrogen-bond donors (Lipinski definition) is 0. The number of nitrogens with zero attached hydrogens (tertiary/aromatic N) is 2. The Balaban J connectivity index is 2.04. The van der Waals surface area contributed by atoms with Gasteiger partial charge in [-0.25, -0.2) is 4.52 Å². The molecule has 1 unspecified atom stereocenters. The summed E-state index contributed by atoms with van der Waals surface area (Å²) in [5.41, 5.74) is 5.28. The Bertz CT molecular complexity index is 744. The van der Waals surface area contributed by atoms with E-state index in [-0.39, 0.29) is 0 Å². The van der Waals surface area contributed by atoms with E-state index in [4.69, 9.17) is 0 Å². The summed E-state index contributed by atoms with van der Waals surface area (Å²) < 4.78 is 3.13. The Morgan fingerprint density at radius 2 is 1.95 bits per heavy atom. The summed E-state index contributed by atoms with van der Waals surface area (Å²) in [6.07, 6.45) is 6.10. The van der Waals surface area contributed by atoms with Gasteiger partial charge in [0, 0.05) is 22.7 Å². The van der Waals surface area contributed by atoms with Gasteiger partial charge >= 0.3 is 0 Å². The highest BCUT2D eigenvalue weighted by atomic mass is 79.9. The third kappa shape index (κ3) is 2.88. The van der Waals surface area contributed by atoms with Gasteiger partial charge in [0.25, 0.3) is 0 Å². The van der Waals surface area contributed by atoms with Crippen LogP contribution in [0.2, 0.25) is 0 Å². The lowest BCUT2D eigenvalue weighted by molar-refractivity contribution is 0.732. The van der Waals surface area contributed by atoms with Crippen molar-refractivity contribution < 1.29 is 0 Å². The number of halogens is 1. The van der Waals surface area contributed by atoms with Crippen LogP contribution < -0.4 is 0 Å². The Labute approximate surface area is 133 Å². The molecule has 2 aromatic heterocycles. The summed E-state index contributed by atoms with van der Waals surface area (Å²) in [5, 5.41) is 4.52. The minimum Gasteiger partial charge on any atom is -0.240 e. The molecule has 0 spiro atoms. The van der Waals surface area contributed by atoms with Crippen molar-refractivity contribution in [2.45, 2.75) is 32.6 Å². The molecule has 1 aromatic carbocycles. The summed E-state index contributed by atoms with van der Waals surface area (Å²) >= 11 is 3.49. The normalized spacial score (nSPS) is 12.7. The molecule has 21 heavy (non-hydrogen) atoms. The monoisotopic (exact) mass is 342 g/mol. The summed E-state index contributed by atoms with van der Waals surface area (Å²) in [5.74, 6) is 0.550. The van der Waals surface area contributed by atoms with Crippen molar-refractivity contribution in [3.63, 3.8) is 0 Å². The van der Waals surface area contributed by atoms with Crippen LogP contribution in [0.25, 0.3) is 5.52 Å². The van der Waals surface area contributed by atoms with E-state index in [1.54, 1.807) is 0 Å². The van der Waals surface area contributed by atoms with Crippen LogP contribution in [-0.2, 0) is 6.42 Å². The molecule has 0 bridgehead atoms. The van der Waals surface area contributed by atoms with Crippen LogP contribution in [0.4, 0.5) is 0 Å².